The van der Waals surface area contributed by atoms with Gasteiger partial charge in [0.15, 0.2) is 21.3 Å². The first-order valence-electron chi connectivity index (χ1n) is 8.69. The van der Waals surface area contributed by atoms with E-state index in [0.29, 0.717) is 17.1 Å². The molecule has 0 aliphatic carbocycles. The van der Waals surface area contributed by atoms with Gasteiger partial charge in [0.05, 0.1) is 45.2 Å². The number of ether oxygens (including phenoxy) is 4. The molecule has 0 unspecified atom stereocenters. The molecule has 0 heterocycles. The van der Waals surface area contributed by atoms with Crippen molar-refractivity contribution < 1.29 is 32.3 Å². The number of rotatable bonds is 9. The molecular weight excluding hydrogens is 414 g/mol. The van der Waals surface area contributed by atoms with Crippen molar-refractivity contribution in [2.24, 2.45) is 0 Å². The molecule has 0 atom stereocenters. The fraction of sp³-hybridized carbons (Fsp3) is 0.300. The molecule has 0 aliphatic rings. The highest BCUT2D eigenvalue weighted by atomic mass is 32.2. The summed E-state index contributed by atoms with van der Waals surface area (Å²) in [6.07, 6.45) is 1.38. The lowest BCUT2D eigenvalue weighted by molar-refractivity contribution is -0.385. The van der Waals surface area contributed by atoms with Crippen LogP contribution in [0.25, 0.3) is 6.08 Å². The van der Waals surface area contributed by atoms with E-state index in [0.717, 1.165) is 17.0 Å². The molecule has 0 spiro atoms. The second-order valence-corrected chi connectivity index (χ2v) is 8.10. The SMILES string of the molecule is COc1cc(CS(=O)(=O)/C=C/c2ccc(OC)c(C)c2OC)c([N+](=O)[O-])cc1OC. The van der Waals surface area contributed by atoms with Crippen LogP contribution in [-0.2, 0) is 15.6 Å². The second kappa shape index (κ2) is 9.49. The minimum absolute atomic E-state index is 0.0137. The van der Waals surface area contributed by atoms with Gasteiger partial charge in [-0.2, -0.15) is 0 Å². The van der Waals surface area contributed by atoms with E-state index >= 15 is 0 Å². The van der Waals surface area contributed by atoms with Gasteiger partial charge in [0.25, 0.3) is 5.69 Å². The van der Waals surface area contributed by atoms with Crippen molar-refractivity contribution in [2.45, 2.75) is 12.7 Å². The predicted molar refractivity (Wildman–Crippen MR) is 112 cm³/mol. The van der Waals surface area contributed by atoms with E-state index in [9.17, 15) is 18.5 Å². The summed E-state index contributed by atoms with van der Waals surface area (Å²) in [5, 5.41) is 12.4. The van der Waals surface area contributed by atoms with Gasteiger partial charge in [-0.15, -0.1) is 0 Å². The normalized spacial score (nSPS) is 11.4. The van der Waals surface area contributed by atoms with Crippen LogP contribution in [-0.4, -0.2) is 41.8 Å². The van der Waals surface area contributed by atoms with E-state index in [1.165, 1.54) is 40.6 Å². The summed E-state index contributed by atoms with van der Waals surface area (Å²) in [7, 11) is 1.84. The van der Waals surface area contributed by atoms with Gasteiger partial charge in [-0.05, 0) is 31.2 Å². The zero-order chi connectivity index (χ0) is 22.5. The summed E-state index contributed by atoms with van der Waals surface area (Å²) in [5.74, 6) is 0.826. The van der Waals surface area contributed by atoms with Crippen molar-refractivity contribution in [2.75, 3.05) is 28.4 Å². The van der Waals surface area contributed by atoms with Crippen molar-refractivity contribution >= 4 is 21.6 Å². The quantitative estimate of drug-likeness (QED) is 0.432. The van der Waals surface area contributed by atoms with E-state index < -0.39 is 20.5 Å². The number of methoxy groups -OCH3 is 4. The van der Waals surface area contributed by atoms with Crippen LogP contribution < -0.4 is 18.9 Å². The first-order chi connectivity index (χ1) is 14.2. The number of nitrogens with zero attached hydrogens (tertiary/aromatic N) is 1. The fourth-order valence-corrected chi connectivity index (χ4v) is 4.07. The van der Waals surface area contributed by atoms with Crippen LogP contribution in [0.2, 0.25) is 0 Å². The molecule has 0 bridgehead atoms. The Labute approximate surface area is 174 Å². The zero-order valence-electron chi connectivity index (χ0n) is 17.3. The average Bonchev–Trinajstić information content (AvgIpc) is 2.71. The van der Waals surface area contributed by atoms with Crippen molar-refractivity contribution in [3.05, 3.63) is 56.5 Å². The minimum atomic E-state index is -3.86. The van der Waals surface area contributed by atoms with Crippen LogP contribution in [0.3, 0.4) is 0 Å². The molecule has 30 heavy (non-hydrogen) atoms. The highest BCUT2D eigenvalue weighted by Gasteiger charge is 2.23. The lowest BCUT2D eigenvalue weighted by Crippen LogP contribution is -2.05. The van der Waals surface area contributed by atoms with Crippen LogP contribution >= 0.6 is 0 Å². The van der Waals surface area contributed by atoms with Crippen molar-refractivity contribution in [1.29, 1.82) is 0 Å². The molecule has 0 aliphatic heterocycles. The third kappa shape index (κ3) is 5.01. The molecule has 0 fully saturated rings. The van der Waals surface area contributed by atoms with Gasteiger partial charge in [-0.25, -0.2) is 8.42 Å². The number of hydrogen-bond donors (Lipinski definition) is 0. The predicted octanol–water partition coefficient (Wildman–Crippen LogP) is 3.52. The lowest BCUT2D eigenvalue weighted by atomic mass is 10.1. The molecule has 0 N–H and O–H groups in total. The van der Waals surface area contributed by atoms with Gasteiger partial charge >= 0.3 is 0 Å². The van der Waals surface area contributed by atoms with Gasteiger partial charge in [0.1, 0.15) is 11.5 Å². The summed E-state index contributed by atoms with van der Waals surface area (Å²) < 4.78 is 46.1. The first kappa shape index (κ1) is 23.0. The maximum absolute atomic E-state index is 12.7. The molecular formula is C20H23NO8S. The molecule has 0 aromatic heterocycles. The molecule has 0 amide bonds. The van der Waals surface area contributed by atoms with Crippen LogP contribution in [0.15, 0.2) is 29.7 Å². The summed E-state index contributed by atoms with van der Waals surface area (Å²) in [6.45, 7) is 1.79. The third-order valence-electron chi connectivity index (χ3n) is 4.40. The average molecular weight is 437 g/mol. The van der Waals surface area contributed by atoms with E-state index in [1.54, 1.807) is 19.1 Å². The van der Waals surface area contributed by atoms with E-state index in [1.807, 2.05) is 0 Å². The fourth-order valence-electron chi connectivity index (χ4n) is 2.96. The van der Waals surface area contributed by atoms with Crippen LogP contribution in [0, 0.1) is 17.0 Å². The Hall–Kier alpha value is -3.27. The number of hydrogen-bond acceptors (Lipinski definition) is 8. The van der Waals surface area contributed by atoms with Crippen LogP contribution in [0.4, 0.5) is 5.69 Å². The van der Waals surface area contributed by atoms with E-state index in [-0.39, 0.29) is 22.7 Å². The molecule has 10 heteroatoms. The molecule has 0 radical (unpaired) electrons. The number of nitro benzene ring substituents is 1. The van der Waals surface area contributed by atoms with E-state index in [2.05, 4.69) is 0 Å². The molecule has 2 aromatic rings. The van der Waals surface area contributed by atoms with Crippen molar-refractivity contribution in [3.8, 4) is 23.0 Å². The molecule has 0 saturated carbocycles. The zero-order valence-corrected chi connectivity index (χ0v) is 18.1. The molecule has 2 rings (SSSR count). The Morgan fingerprint density at radius 3 is 2.10 bits per heavy atom. The Balaban J connectivity index is 2.43. The maximum Gasteiger partial charge on any atom is 0.277 e. The van der Waals surface area contributed by atoms with Crippen molar-refractivity contribution in [1.82, 2.24) is 0 Å². The number of nitro groups is 1. The highest BCUT2D eigenvalue weighted by Crippen LogP contribution is 2.36. The maximum atomic E-state index is 12.7. The summed E-state index contributed by atoms with van der Waals surface area (Å²) >= 11 is 0. The monoisotopic (exact) mass is 437 g/mol. The summed E-state index contributed by atoms with van der Waals surface area (Å²) in [6, 6.07) is 5.79. The highest BCUT2D eigenvalue weighted by molar-refractivity contribution is 7.93. The van der Waals surface area contributed by atoms with Crippen molar-refractivity contribution in [3.63, 3.8) is 0 Å². The summed E-state index contributed by atoms with van der Waals surface area (Å²) in [4.78, 5) is 10.7. The Morgan fingerprint density at radius 1 is 0.967 bits per heavy atom. The second-order valence-electron chi connectivity index (χ2n) is 6.22. The largest absolute Gasteiger partial charge is 0.496 e. The van der Waals surface area contributed by atoms with E-state index in [4.69, 9.17) is 18.9 Å². The van der Waals surface area contributed by atoms with Gasteiger partial charge < -0.3 is 18.9 Å². The van der Waals surface area contributed by atoms with Gasteiger partial charge in [0.2, 0.25) is 0 Å². The Kier molecular flexibility index (Phi) is 7.28. The standard InChI is InChI=1S/C20H23NO8S/c1-13-17(26-2)7-6-14(20(13)29-5)8-9-30(24,25)12-15-10-18(27-3)19(28-4)11-16(15)21(22)23/h6-11H,12H2,1-5H3/b9-8+. The third-order valence-corrected chi connectivity index (χ3v) is 5.67. The van der Waals surface area contributed by atoms with Gasteiger partial charge in [0, 0.05) is 22.1 Å². The number of benzene rings is 2. The Morgan fingerprint density at radius 2 is 1.57 bits per heavy atom. The minimum Gasteiger partial charge on any atom is -0.496 e. The van der Waals surface area contributed by atoms with Crippen LogP contribution in [0.1, 0.15) is 16.7 Å². The molecule has 9 nitrogen and oxygen atoms in total. The summed E-state index contributed by atoms with van der Waals surface area (Å²) in [5.41, 5.74) is 0.860. The lowest BCUT2D eigenvalue weighted by Gasteiger charge is -2.12. The topological polar surface area (TPSA) is 114 Å². The Bertz CT molecular complexity index is 1080. The molecule has 0 saturated heterocycles. The number of sulfone groups is 1. The first-order valence-corrected chi connectivity index (χ1v) is 10.4. The van der Waals surface area contributed by atoms with Gasteiger partial charge in [-0.1, -0.05) is 0 Å². The smallest absolute Gasteiger partial charge is 0.277 e. The molecule has 162 valence electrons. The molecule has 2 aromatic carbocycles. The van der Waals surface area contributed by atoms with Crippen LogP contribution in [0.5, 0.6) is 23.0 Å². The van der Waals surface area contributed by atoms with Gasteiger partial charge in [-0.3, -0.25) is 10.1 Å².